The third-order valence-electron chi connectivity index (χ3n) is 6.22. The number of amides is 1. The van der Waals surface area contributed by atoms with Crippen LogP contribution in [0.1, 0.15) is 67.2 Å². The fourth-order valence-electron chi connectivity index (χ4n) is 3.75. The van der Waals surface area contributed by atoms with Crippen LogP contribution in [0.4, 0.5) is 0 Å². The molecule has 2 aliphatic rings. The first-order valence-electron chi connectivity index (χ1n) is 9.60. The Morgan fingerprint density at radius 3 is 2.40 bits per heavy atom. The van der Waals surface area contributed by atoms with E-state index >= 15 is 0 Å². The minimum Gasteiger partial charge on any atom is -0.356 e. The molecule has 1 atom stereocenters. The first-order chi connectivity index (χ1) is 11.2. The summed E-state index contributed by atoms with van der Waals surface area (Å²) in [7, 11) is 0. The first-order valence-corrected chi connectivity index (χ1v) is 9.60. The Kier molecular flexibility index (Phi) is 8.02. The summed E-state index contributed by atoms with van der Waals surface area (Å²) >= 11 is 0. The molecule has 1 N–H and O–H groups in total. The molecule has 5 nitrogen and oxygen atoms in total. The van der Waals surface area contributed by atoms with Crippen molar-refractivity contribution in [3.8, 4) is 0 Å². The number of carbonyl (C=O) groups excluding carboxylic acids is 1. The van der Waals surface area contributed by atoms with E-state index in [2.05, 4.69) is 56.7 Å². The monoisotopic (exact) mass is 464 g/mol. The van der Waals surface area contributed by atoms with Crippen LogP contribution in [0, 0.1) is 5.41 Å². The topological polar surface area (TPSA) is 47.9 Å². The Morgan fingerprint density at radius 1 is 1.28 bits per heavy atom. The highest BCUT2D eigenvalue weighted by molar-refractivity contribution is 14.0. The number of rotatable bonds is 6. The van der Waals surface area contributed by atoms with Gasteiger partial charge in [0.05, 0.1) is 0 Å². The van der Waals surface area contributed by atoms with E-state index in [-0.39, 0.29) is 29.5 Å². The summed E-state index contributed by atoms with van der Waals surface area (Å²) in [4.78, 5) is 21.3. The van der Waals surface area contributed by atoms with Gasteiger partial charge in [-0.15, -0.1) is 24.0 Å². The van der Waals surface area contributed by atoms with Gasteiger partial charge in [-0.25, -0.2) is 0 Å². The zero-order valence-corrected chi connectivity index (χ0v) is 19.2. The molecular weight excluding hydrogens is 427 g/mol. The van der Waals surface area contributed by atoms with Crippen LogP contribution in [-0.2, 0) is 4.79 Å². The largest absolute Gasteiger partial charge is 0.356 e. The van der Waals surface area contributed by atoms with E-state index < -0.39 is 0 Å². The van der Waals surface area contributed by atoms with Crippen molar-refractivity contribution in [2.75, 3.05) is 26.2 Å². The fourth-order valence-corrected chi connectivity index (χ4v) is 3.75. The van der Waals surface area contributed by atoms with Crippen LogP contribution in [0.3, 0.4) is 0 Å². The van der Waals surface area contributed by atoms with Crippen LogP contribution in [0.2, 0.25) is 0 Å². The number of carbonyl (C=O) groups is 1. The normalized spacial score (nSPS) is 23.1. The molecule has 1 unspecified atom stereocenters. The molecule has 0 saturated carbocycles. The molecule has 2 aliphatic heterocycles. The lowest BCUT2D eigenvalue weighted by Gasteiger charge is -2.62. The van der Waals surface area contributed by atoms with Gasteiger partial charge in [0.25, 0.3) is 0 Å². The summed E-state index contributed by atoms with van der Waals surface area (Å²) < 4.78 is 0. The van der Waals surface area contributed by atoms with Gasteiger partial charge in [-0.3, -0.25) is 9.79 Å². The van der Waals surface area contributed by atoms with Gasteiger partial charge in [0.2, 0.25) is 5.91 Å². The van der Waals surface area contributed by atoms with Gasteiger partial charge in [-0.1, -0.05) is 20.8 Å². The second-order valence-electron chi connectivity index (χ2n) is 8.31. The maximum absolute atomic E-state index is 12.0. The molecule has 0 bridgehead atoms. The average Bonchev–Trinajstić information content (AvgIpc) is 2.94. The lowest BCUT2D eigenvalue weighted by molar-refractivity contribution is -0.129. The lowest BCUT2D eigenvalue weighted by atomic mass is 9.65. The minimum atomic E-state index is 0. The standard InChI is InChI=1S/C19H36N4O.HI/c1-7-15(22-13-9-10-16(22)24)11-12-21-17(20-8-2)23-14-18(3,4)19(23,5)6;/h15H,7-14H2,1-6H3,(H,20,21);1H. The molecule has 6 heteroatoms. The maximum atomic E-state index is 12.0. The molecule has 25 heavy (non-hydrogen) atoms. The summed E-state index contributed by atoms with van der Waals surface area (Å²) in [6.07, 6.45) is 3.70. The van der Waals surface area contributed by atoms with Gasteiger partial charge in [0.15, 0.2) is 5.96 Å². The summed E-state index contributed by atoms with van der Waals surface area (Å²) in [5.41, 5.74) is 0.417. The van der Waals surface area contributed by atoms with Gasteiger partial charge < -0.3 is 15.1 Å². The summed E-state index contributed by atoms with van der Waals surface area (Å²) in [5, 5.41) is 3.44. The van der Waals surface area contributed by atoms with Gasteiger partial charge in [0.1, 0.15) is 0 Å². The Morgan fingerprint density at radius 2 is 1.96 bits per heavy atom. The second kappa shape index (κ2) is 8.91. The highest BCUT2D eigenvalue weighted by atomic mass is 127. The molecule has 2 fully saturated rings. The van der Waals surface area contributed by atoms with Crippen molar-refractivity contribution >= 4 is 35.8 Å². The fraction of sp³-hybridized carbons (Fsp3) is 0.895. The number of hydrogen-bond donors (Lipinski definition) is 1. The number of nitrogens with zero attached hydrogens (tertiary/aromatic N) is 3. The Balaban J connectivity index is 0.00000312. The summed E-state index contributed by atoms with van der Waals surface area (Å²) in [5.74, 6) is 1.34. The molecule has 0 aromatic carbocycles. The van der Waals surface area contributed by atoms with E-state index in [0.29, 0.717) is 17.4 Å². The molecule has 0 aromatic rings. The molecular formula is C19H37IN4O. The maximum Gasteiger partial charge on any atom is 0.222 e. The van der Waals surface area contributed by atoms with Crippen LogP contribution in [-0.4, -0.2) is 59.4 Å². The quantitative estimate of drug-likeness (QED) is 0.372. The van der Waals surface area contributed by atoms with Crippen LogP contribution < -0.4 is 5.32 Å². The van der Waals surface area contributed by atoms with Crippen LogP contribution in [0.15, 0.2) is 4.99 Å². The molecule has 2 saturated heterocycles. The van der Waals surface area contributed by atoms with Crippen molar-refractivity contribution in [2.45, 2.75) is 78.8 Å². The van der Waals surface area contributed by atoms with Crippen LogP contribution in [0.25, 0.3) is 0 Å². The van der Waals surface area contributed by atoms with Gasteiger partial charge in [-0.05, 0) is 40.0 Å². The van der Waals surface area contributed by atoms with Gasteiger partial charge in [0, 0.05) is 49.6 Å². The highest BCUT2D eigenvalue weighted by Crippen LogP contribution is 2.46. The van der Waals surface area contributed by atoms with E-state index in [4.69, 9.17) is 4.99 Å². The molecule has 2 heterocycles. The third-order valence-corrected chi connectivity index (χ3v) is 6.22. The summed E-state index contributed by atoms with van der Waals surface area (Å²) in [6.45, 7) is 17.1. The molecule has 0 aromatic heterocycles. The van der Waals surface area contributed by atoms with Gasteiger partial charge >= 0.3 is 0 Å². The smallest absolute Gasteiger partial charge is 0.222 e. The number of nitrogens with one attached hydrogen (secondary N) is 1. The van der Waals surface area contributed by atoms with E-state index in [0.717, 1.165) is 57.8 Å². The first kappa shape index (κ1) is 22.5. The highest BCUT2D eigenvalue weighted by Gasteiger charge is 2.53. The van der Waals surface area contributed by atoms with E-state index in [1.54, 1.807) is 0 Å². The van der Waals surface area contributed by atoms with Crippen LogP contribution in [0.5, 0.6) is 0 Å². The molecule has 1 amide bonds. The number of aliphatic imine (C=N–C) groups is 1. The lowest BCUT2D eigenvalue weighted by Crippen LogP contribution is -2.72. The minimum absolute atomic E-state index is 0. The zero-order valence-electron chi connectivity index (χ0n) is 16.9. The third kappa shape index (κ3) is 4.61. The summed E-state index contributed by atoms with van der Waals surface area (Å²) in [6, 6.07) is 0.340. The zero-order chi connectivity index (χ0) is 18.0. The van der Waals surface area contributed by atoms with E-state index in [1.807, 2.05) is 0 Å². The van der Waals surface area contributed by atoms with Crippen molar-refractivity contribution in [3.05, 3.63) is 0 Å². The van der Waals surface area contributed by atoms with Crippen molar-refractivity contribution in [3.63, 3.8) is 0 Å². The number of hydrogen-bond acceptors (Lipinski definition) is 2. The second-order valence-corrected chi connectivity index (χ2v) is 8.31. The van der Waals surface area contributed by atoms with Crippen LogP contribution >= 0.6 is 24.0 Å². The Labute approximate surface area is 171 Å². The predicted molar refractivity (Wildman–Crippen MR) is 116 cm³/mol. The Bertz CT molecular complexity index is 490. The molecule has 146 valence electrons. The predicted octanol–water partition coefficient (Wildman–Crippen LogP) is 3.48. The van der Waals surface area contributed by atoms with Crippen molar-refractivity contribution in [1.29, 1.82) is 0 Å². The number of guanidine groups is 1. The van der Waals surface area contributed by atoms with Gasteiger partial charge in [-0.2, -0.15) is 0 Å². The van der Waals surface area contributed by atoms with E-state index in [1.165, 1.54) is 0 Å². The SMILES string of the molecule is CCNC(=NCCC(CC)N1CCCC1=O)N1CC(C)(C)C1(C)C.I. The molecule has 2 rings (SSSR count). The van der Waals surface area contributed by atoms with Crippen molar-refractivity contribution in [1.82, 2.24) is 15.1 Å². The molecule has 0 radical (unpaired) electrons. The van der Waals surface area contributed by atoms with E-state index in [9.17, 15) is 4.79 Å². The molecule has 0 aliphatic carbocycles. The van der Waals surface area contributed by atoms with Crippen molar-refractivity contribution in [2.24, 2.45) is 10.4 Å². The number of halogens is 1. The van der Waals surface area contributed by atoms with Crippen molar-refractivity contribution < 1.29 is 4.79 Å². The average molecular weight is 464 g/mol. The number of likely N-dealkylation sites (tertiary alicyclic amines) is 2. The molecule has 0 spiro atoms. The Hall–Kier alpha value is -0.530.